The van der Waals surface area contributed by atoms with E-state index in [1.54, 1.807) is 35.9 Å². The molecule has 1 heterocycles. The van der Waals surface area contributed by atoms with Gasteiger partial charge in [0.2, 0.25) is 5.91 Å². The van der Waals surface area contributed by atoms with Crippen LogP contribution in [-0.2, 0) is 11.8 Å². The summed E-state index contributed by atoms with van der Waals surface area (Å²) in [5, 5.41) is 17.0. The molecule has 4 aromatic rings. The van der Waals surface area contributed by atoms with Crippen LogP contribution in [0.2, 0.25) is 0 Å². The number of carbonyl (C=O) groups is 2. The Labute approximate surface area is 201 Å². The summed E-state index contributed by atoms with van der Waals surface area (Å²) in [6, 6.07) is 20.3. The molecule has 0 saturated carbocycles. The third-order valence-corrected chi connectivity index (χ3v) is 6.34. The van der Waals surface area contributed by atoms with Crippen molar-refractivity contribution in [3.05, 3.63) is 78.1 Å². The standard InChI is InChI=1S/C25H25N5O3S/c1-16(26-24(32)18-9-12-21(33-3)13-10-18)23-28-29-25(30(23)2)34-15-22(31)27-20-11-8-17-6-4-5-7-19(17)14-20/h4-14,16H,15H2,1-3H3,(H,26,32)(H,27,31). The first kappa shape index (κ1) is 23.3. The van der Waals surface area contributed by atoms with E-state index >= 15 is 0 Å². The molecule has 0 saturated heterocycles. The zero-order chi connectivity index (χ0) is 24.1. The van der Waals surface area contributed by atoms with Gasteiger partial charge in [0.25, 0.3) is 5.91 Å². The lowest BCUT2D eigenvalue weighted by molar-refractivity contribution is -0.113. The molecule has 2 amide bonds. The Morgan fingerprint density at radius 2 is 1.76 bits per heavy atom. The molecule has 9 heteroatoms. The maximum absolute atomic E-state index is 12.5. The van der Waals surface area contributed by atoms with E-state index in [9.17, 15) is 9.59 Å². The van der Waals surface area contributed by atoms with Gasteiger partial charge in [-0.2, -0.15) is 0 Å². The number of methoxy groups -OCH3 is 1. The molecule has 0 aliphatic heterocycles. The molecule has 1 aromatic heterocycles. The first-order valence-corrected chi connectivity index (χ1v) is 11.7. The van der Waals surface area contributed by atoms with Crippen LogP contribution >= 0.6 is 11.8 Å². The first-order chi connectivity index (χ1) is 16.4. The van der Waals surface area contributed by atoms with Gasteiger partial charge in [-0.15, -0.1) is 10.2 Å². The lowest BCUT2D eigenvalue weighted by Gasteiger charge is -2.14. The number of carbonyl (C=O) groups excluding carboxylic acids is 2. The van der Waals surface area contributed by atoms with Gasteiger partial charge in [-0.1, -0.05) is 42.1 Å². The van der Waals surface area contributed by atoms with Crippen LogP contribution in [-0.4, -0.2) is 39.4 Å². The Kier molecular flexibility index (Phi) is 7.12. The van der Waals surface area contributed by atoms with Crippen LogP contribution in [0.3, 0.4) is 0 Å². The van der Waals surface area contributed by atoms with E-state index in [1.807, 2.05) is 56.4 Å². The molecule has 0 fully saturated rings. The number of thioether (sulfide) groups is 1. The van der Waals surface area contributed by atoms with E-state index in [2.05, 4.69) is 20.8 Å². The van der Waals surface area contributed by atoms with Gasteiger partial charge in [-0.25, -0.2) is 0 Å². The smallest absolute Gasteiger partial charge is 0.251 e. The summed E-state index contributed by atoms with van der Waals surface area (Å²) in [5.74, 6) is 1.11. The lowest BCUT2D eigenvalue weighted by atomic mass is 10.1. The fraction of sp³-hybridized carbons (Fsp3) is 0.200. The number of aromatic nitrogens is 3. The highest BCUT2D eigenvalue weighted by atomic mass is 32.2. The van der Waals surface area contributed by atoms with Crippen molar-refractivity contribution in [3.63, 3.8) is 0 Å². The summed E-state index contributed by atoms with van der Waals surface area (Å²) in [6.07, 6.45) is 0. The predicted octanol–water partition coefficient (Wildman–Crippen LogP) is 4.20. The summed E-state index contributed by atoms with van der Waals surface area (Å²) in [7, 11) is 3.39. The van der Waals surface area contributed by atoms with E-state index in [4.69, 9.17) is 4.74 Å². The van der Waals surface area contributed by atoms with Crippen molar-refractivity contribution in [1.29, 1.82) is 0 Å². The summed E-state index contributed by atoms with van der Waals surface area (Å²) >= 11 is 1.29. The number of amides is 2. The van der Waals surface area contributed by atoms with Gasteiger partial charge < -0.3 is 19.9 Å². The van der Waals surface area contributed by atoms with Gasteiger partial charge in [0.05, 0.1) is 18.9 Å². The maximum Gasteiger partial charge on any atom is 0.251 e. The van der Waals surface area contributed by atoms with Gasteiger partial charge in [-0.3, -0.25) is 9.59 Å². The van der Waals surface area contributed by atoms with Crippen LogP contribution in [0.5, 0.6) is 5.75 Å². The molecule has 4 rings (SSSR count). The molecular formula is C25H25N5O3S. The molecule has 3 aromatic carbocycles. The Morgan fingerprint density at radius 3 is 2.50 bits per heavy atom. The van der Waals surface area contributed by atoms with Crippen molar-refractivity contribution in [2.45, 2.75) is 18.1 Å². The van der Waals surface area contributed by atoms with Crippen molar-refractivity contribution in [1.82, 2.24) is 20.1 Å². The number of anilines is 1. The van der Waals surface area contributed by atoms with Crippen LogP contribution in [0.25, 0.3) is 10.8 Å². The van der Waals surface area contributed by atoms with Gasteiger partial charge in [0.1, 0.15) is 5.75 Å². The molecule has 8 nitrogen and oxygen atoms in total. The van der Waals surface area contributed by atoms with Gasteiger partial charge in [0, 0.05) is 18.3 Å². The summed E-state index contributed by atoms with van der Waals surface area (Å²) in [6.45, 7) is 1.84. The highest BCUT2D eigenvalue weighted by molar-refractivity contribution is 7.99. The minimum Gasteiger partial charge on any atom is -0.497 e. The average molecular weight is 476 g/mol. The number of nitrogens with one attached hydrogen (secondary N) is 2. The van der Waals surface area contributed by atoms with Gasteiger partial charge in [-0.05, 0) is 54.1 Å². The second-order valence-corrected chi connectivity index (χ2v) is 8.66. The number of hydrogen-bond acceptors (Lipinski definition) is 6. The molecule has 0 bridgehead atoms. The zero-order valence-electron chi connectivity index (χ0n) is 19.1. The highest BCUT2D eigenvalue weighted by Gasteiger charge is 2.19. The van der Waals surface area contributed by atoms with E-state index in [0.717, 1.165) is 16.5 Å². The Morgan fingerprint density at radius 1 is 1.03 bits per heavy atom. The van der Waals surface area contributed by atoms with Crippen molar-refractivity contribution < 1.29 is 14.3 Å². The zero-order valence-corrected chi connectivity index (χ0v) is 19.9. The quantitative estimate of drug-likeness (QED) is 0.371. The Balaban J connectivity index is 1.33. The molecule has 1 atom stereocenters. The second-order valence-electron chi connectivity index (χ2n) is 7.72. The number of ether oxygens (including phenoxy) is 1. The second kappa shape index (κ2) is 10.4. The summed E-state index contributed by atoms with van der Waals surface area (Å²) in [4.78, 5) is 25.0. The highest BCUT2D eigenvalue weighted by Crippen LogP contribution is 2.22. The molecule has 174 valence electrons. The van der Waals surface area contributed by atoms with Gasteiger partial charge in [0.15, 0.2) is 11.0 Å². The number of fused-ring (bicyclic) bond motifs is 1. The van der Waals surface area contributed by atoms with Crippen molar-refractivity contribution in [2.75, 3.05) is 18.2 Å². The first-order valence-electron chi connectivity index (χ1n) is 10.7. The van der Waals surface area contributed by atoms with E-state index in [1.165, 1.54) is 11.8 Å². The minimum absolute atomic E-state index is 0.134. The molecule has 1 unspecified atom stereocenters. The molecule has 0 aliphatic carbocycles. The third-order valence-electron chi connectivity index (χ3n) is 5.32. The largest absolute Gasteiger partial charge is 0.497 e. The molecule has 34 heavy (non-hydrogen) atoms. The fourth-order valence-corrected chi connectivity index (χ4v) is 4.23. The summed E-state index contributed by atoms with van der Waals surface area (Å²) < 4.78 is 6.91. The lowest BCUT2D eigenvalue weighted by Crippen LogP contribution is -2.28. The van der Waals surface area contributed by atoms with Crippen LogP contribution in [0.1, 0.15) is 29.1 Å². The molecule has 0 aliphatic rings. The topological polar surface area (TPSA) is 98.1 Å². The molecule has 2 N–H and O–H groups in total. The SMILES string of the molecule is COc1ccc(C(=O)NC(C)c2nnc(SCC(=O)Nc3ccc4ccccc4c3)n2C)cc1. The van der Waals surface area contributed by atoms with E-state index < -0.39 is 0 Å². The average Bonchev–Trinajstić information content (AvgIpc) is 3.23. The predicted molar refractivity (Wildman–Crippen MR) is 133 cm³/mol. The number of benzene rings is 3. The molecular weight excluding hydrogens is 450 g/mol. The minimum atomic E-state index is -0.368. The monoisotopic (exact) mass is 475 g/mol. The van der Waals surface area contributed by atoms with Gasteiger partial charge >= 0.3 is 0 Å². The fourth-order valence-electron chi connectivity index (χ4n) is 3.51. The van der Waals surface area contributed by atoms with E-state index in [0.29, 0.717) is 22.3 Å². The van der Waals surface area contributed by atoms with Crippen LogP contribution < -0.4 is 15.4 Å². The molecule has 0 radical (unpaired) electrons. The normalized spacial score (nSPS) is 11.7. The Bertz CT molecular complexity index is 1320. The van der Waals surface area contributed by atoms with Crippen LogP contribution in [0.4, 0.5) is 5.69 Å². The van der Waals surface area contributed by atoms with Crippen molar-refractivity contribution >= 4 is 40.0 Å². The number of rotatable bonds is 8. The number of hydrogen-bond donors (Lipinski definition) is 2. The van der Waals surface area contributed by atoms with Crippen molar-refractivity contribution in [2.24, 2.45) is 7.05 Å². The maximum atomic E-state index is 12.5. The molecule has 0 spiro atoms. The van der Waals surface area contributed by atoms with Crippen molar-refractivity contribution in [3.8, 4) is 5.75 Å². The van der Waals surface area contributed by atoms with Crippen LogP contribution in [0.15, 0.2) is 71.9 Å². The Hall–Kier alpha value is -3.85. The summed E-state index contributed by atoms with van der Waals surface area (Å²) in [5.41, 5.74) is 1.27. The van der Waals surface area contributed by atoms with E-state index in [-0.39, 0.29) is 23.6 Å². The number of nitrogens with zero attached hydrogens (tertiary/aromatic N) is 3. The van der Waals surface area contributed by atoms with Crippen LogP contribution in [0, 0.1) is 0 Å². The third kappa shape index (κ3) is 5.37.